The first kappa shape index (κ1) is 15.3. The van der Waals surface area contributed by atoms with Gasteiger partial charge < -0.3 is 10.6 Å². The van der Waals surface area contributed by atoms with Crippen LogP contribution in [0.4, 0.5) is 11.4 Å². The Bertz CT molecular complexity index is 654. The molecule has 0 spiro atoms. The monoisotopic (exact) mass is 323 g/mol. The van der Waals surface area contributed by atoms with E-state index < -0.39 is 10.0 Å². The highest BCUT2D eigenvalue weighted by Crippen LogP contribution is 2.26. The van der Waals surface area contributed by atoms with Crippen LogP contribution in [0.5, 0.6) is 0 Å². The third kappa shape index (κ3) is 3.25. The number of piperidine rings is 1. The molecule has 0 saturated carbocycles. The van der Waals surface area contributed by atoms with Crippen LogP contribution in [0, 0.1) is 0 Å². The fourth-order valence-corrected chi connectivity index (χ4v) is 4.53. The van der Waals surface area contributed by atoms with Gasteiger partial charge in [-0.05, 0) is 44.0 Å². The normalized spacial score (nSPS) is 24.2. The first-order valence-corrected chi connectivity index (χ1v) is 9.32. The molecule has 0 radical (unpaired) electrons. The summed E-state index contributed by atoms with van der Waals surface area (Å²) in [5, 5.41) is 6.08. The number of anilines is 2. The Kier molecular flexibility index (Phi) is 4.35. The van der Waals surface area contributed by atoms with Crippen molar-refractivity contribution in [3.63, 3.8) is 0 Å². The quantitative estimate of drug-likeness (QED) is 0.879. The molecule has 2 aliphatic rings. The Balaban J connectivity index is 1.72. The zero-order valence-corrected chi connectivity index (χ0v) is 13.2. The molecule has 2 saturated heterocycles. The van der Waals surface area contributed by atoms with E-state index in [1.165, 1.54) is 4.31 Å². The molecule has 0 aliphatic carbocycles. The highest BCUT2D eigenvalue weighted by molar-refractivity contribution is 7.93. The molecular weight excluding hydrogens is 302 g/mol. The summed E-state index contributed by atoms with van der Waals surface area (Å²) in [5.41, 5.74) is 1.25. The molecule has 0 bridgehead atoms. The van der Waals surface area contributed by atoms with Crippen molar-refractivity contribution in [2.24, 2.45) is 0 Å². The van der Waals surface area contributed by atoms with Gasteiger partial charge in [-0.1, -0.05) is 12.5 Å². The average Bonchev–Trinajstić information content (AvgIpc) is 2.88. The Labute approximate surface area is 130 Å². The zero-order chi connectivity index (χ0) is 15.6. The maximum atomic E-state index is 12.2. The number of amides is 1. The van der Waals surface area contributed by atoms with E-state index in [0.717, 1.165) is 25.8 Å². The second-order valence-electron chi connectivity index (χ2n) is 5.78. The van der Waals surface area contributed by atoms with Crippen LogP contribution in [0.15, 0.2) is 24.3 Å². The minimum Gasteiger partial charge on any atom is -0.325 e. The van der Waals surface area contributed by atoms with Crippen molar-refractivity contribution in [1.29, 1.82) is 0 Å². The van der Waals surface area contributed by atoms with Gasteiger partial charge in [0.15, 0.2) is 0 Å². The number of hydrogen-bond acceptors (Lipinski definition) is 4. The number of sulfonamides is 1. The maximum absolute atomic E-state index is 12.2. The van der Waals surface area contributed by atoms with Crippen LogP contribution in [0.25, 0.3) is 0 Å². The van der Waals surface area contributed by atoms with Gasteiger partial charge in [-0.3, -0.25) is 9.10 Å². The number of carbonyl (C=O) groups is 1. The van der Waals surface area contributed by atoms with Crippen LogP contribution in [-0.2, 0) is 14.8 Å². The van der Waals surface area contributed by atoms with Crippen LogP contribution >= 0.6 is 0 Å². The summed E-state index contributed by atoms with van der Waals surface area (Å²) in [6, 6.07) is 6.88. The Hall–Kier alpha value is -1.60. The zero-order valence-electron chi connectivity index (χ0n) is 12.4. The molecule has 1 atom stereocenters. The molecule has 2 aliphatic heterocycles. The molecule has 22 heavy (non-hydrogen) atoms. The van der Waals surface area contributed by atoms with Gasteiger partial charge in [0.1, 0.15) is 0 Å². The van der Waals surface area contributed by atoms with Crippen molar-refractivity contribution < 1.29 is 13.2 Å². The summed E-state index contributed by atoms with van der Waals surface area (Å²) < 4.78 is 25.4. The largest absolute Gasteiger partial charge is 0.325 e. The van der Waals surface area contributed by atoms with E-state index in [9.17, 15) is 13.2 Å². The Morgan fingerprint density at radius 2 is 2.14 bits per heavy atom. The third-order valence-electron chi connectivity index (χ3n) is 4.13. The van der Waals surface area contributed by atoms with Gasteiger partial charge in [-0.15, -0.1) is 0 Å². The van der Waals surface area contributed by atoms with Gasteiger partial charge in [0.05, 0.1) is 17.5 Å². The number of carbonyl (C=O) groups excluding carboxylic acids is 1. The number of rotatable bonds is 3. The second-order valence-corrected chi connectivity index (χ2v) is 7.80. The molecule has 6 nitrogen and oxygen atoms in total. The van der Waals surface area contributed by atoms with E-state index in [1.807, 2.05) is 0 Å². The maximum Gasteiger partial charge on any atom is 0.241 e. The number of hydrogen-bond donors (Lipinski definition) is 2. The molecule has 0 aromatic heterocycles. The van der Waals surface area contributed by atoms with Crippen LogP contribution in [0.1, 0.15) is 25.7 Å². The topological polar surface area (TPSA) is 78.5 Å². The van der Waals surface area contributed by atoms with Crippen LogP contribution < -0.4 is 14.9 Å². The number of nitrogens with one attached hydrogen (secondary N) is 2. The lowest BCUT2D eigenvalue weighted by molar-refractivity contribution is -0.118. The second kappa shape index (κ2) is 6.26. The highest BCUT2D eigenvalue weighted by Gasteiger charge is 2.28. The Morgan fingerprint density at radius 1 is 1.27 bits per heavy atom. The van der Waals surface area contributed by atoms with Gasteiger partial charge >= 0.3 is 0 Å². The fraction of sp³-hybridized carbons (Fsp3) is 0.533. The van der Waals surface area contributed by atoms with Crippen molar-refractivity contribution in [1.82, 2.24) is 5.32 Å². The summed E-state index contributed by atoms with van der Waals surface area (Å²) in [6.45, 7) is 1.37. The standard InChI is InChI=1S/C15H21N3O3S/c19-15(14-7-1-2-8-16-14)17-12-5-3-6-13(11-12)18-9-4-10-22(18,20)21/h3,5-6,11,14,16H,1-2,4,7-10H2,(H,17,19). The van der Waals surface area contributed by atoms with E-state index in [4.69, 9.17) is 0 Å². The molecule has 1 aromatic carbocycles. The summed E-state index contributed by atoms with van der Waals surface area (Å²) in [6.07, 6.45) is 3.64. The lowest BCUT2D eigenvalue weighted by Crippen LogP contribution is -2.43. The summed E-state index contributed by atoms with van der Waals surface area (Å²) in [5.74, 6) is 0.136. The van der Waals surface area contributed by atoms with E-state index in [1.54, 1.807) is 24.3 Å². The van der Waals surface area contributed by atoms with E-state index in [-0.39, 0.29) is 17.7 Å². The lowest BCUT2D eigenvalue weighted by atomic mass is 10.0. The SMILES string of the molecule is O=C(Nc1cccc(N2CCCS2(=O)=O)c1)C1CCCCN1. The molecule has 3 rings (SSSR count). The summed E-state index contributed by atoms with van der Waals surface area (Å²) in [7, 11) is -3.20. The Morgan fingerprint density at radius 3 is 2.82 bits per heavy atom. The van der Waals surface area contributed by atoms with Crippen molar-refractivity contribution in [2.45, 2.75) is 31.7 Å². The molecule has 120 valence electrons. The van der Waals surface area contributed by atoms with Gasteiger partial charge in [0, 0.05) is 12.2 Å². The minimum absolute atomic E-state index is 0.0545. The number of nitrogens with zero attached hydrogens (tertiary/aromatic N) is 1. The first-order chi connectivity index (χ1) is 10.6. The highest BCUT2D eigenvalue weighted by atomic mass is 32.2. The lowest BCUT2D eigenvalue weighted by Gasteiger charge is -2.23. The molecule has 1 unspecified atom stereocenters. The average molecular weight is 323 g/mol. The molecule has 1 amide bonds. The molecule has 7 heteroatoms. The third-order valence-corrected chi connectivity index (χ3v) is 6.00. The molecule has 1 aromatic rings. The van der Waals surface area contributed by atoms with Crippen LogP contribution in [-0.4, -0.2) is 39.2 Å². The fourth-order valence-electron chi connectivity index (χ4n) is 2.97. The van der Waals surface area contributed by atoms with E-state index >= 15 is 0 Å². The first-order valence-electron chi connectivity index (χ1n) is 7.71. The molecule has 2 N–H and O–H groups in total. The number of benzene rings is 1. The van der Waals surface area contributed by atoms with Crippen LogP contribution in [0.3, 0.4) is 0 Å². The van der Waals surface area contributed by atoms with Crippen molar-refractivity contribution in [3.05, 3.63) is 24.3 Å². The molecule has 2 heterocycles. The van der Waals surface area contributed by atoms with Gasteiger partial charge in [0.2, 0.25) is 15.9 Å². The molecular formula is C15H21N3O3S. The van der Waals surface area contributed by atoms with E-state index in [2.05, 4.69) is 10.6 Å². The minimum atomic E-state index is -3.20. The summed E-state index contributed by atoms with van der Waals surface area (Å²) >= 11 is 0. The van der Waals surface area contributed by atoms with Gasteiger partial charge in [-0.2, -0.15) is 0 Å². The van der Waals surface area contributed by atoms with Gasteiger partial charge in [0.25, 0.3) is 0 Å². The smallest absolute Gasteiger partial charge is 0.241 e. The van der Waals surface area contributed by atoms with Gasteiger partial charge in [-0.25, -0.2) is 8.42 Å². The van der Waals surface area contributed by atoms with Crippen molar-refractivity contribution in [2.75, 3.05) is 28.5 Å². The molecule has 2 fully saturated rings. The van der Waals surface area contributed by atoms with E-state index in [0.29, 0.717) is 24.3 Å². The predicted molar refractivity (Wildman–Crippen MR) is 86.5 cm³/mol. The van der Waals surface area contributed by atoms with Crippen LogP contribution in [0.2, 0.25) is 0 Å². The summed E-state index contributed by atoms with van der Waals surface area (Å²) in [4.78, 5) is 12.2. The van der Waals surface area contributed by atoms with Crippen molar-refractivity contribution >= 4 is 27.3 Å². The predicted octanol–water partition coefficient (Wildman–Crippen LogP) is 1.31. The van der Waals surface area contributed by atoms with Crippen molar-refractivity contribution in [3.8, 4) is 0 Å².